The third-order valence-corrected chi connectivity index (χ3v) is 4.46. The van der Waals surface area contributed by atoms with Crippen molar-refractivity contribution in [2.45, 2.75) is 71.5 Å². The number of hydrogen-bond acceptors (Lipinski definition) is 4. The van der Waals surface area contributed by atoms with Gasteiger partial charge >= 0.3 is 0 Å². The molecule has 1 aromatic carbocycles. The summed E-state index contributed by atoms with van der Waals surface area (Å²) >= 11 is 1.75. The van der Waals surface area contributed by atoms with Gasteiger partial charge in [0, 0.05) is 24.5 Å². The van der Waals surface area contributed by atoms with E-state index in [0.717, 1.165) is 44.8 Å². The third kappa shape index (κ3) is 10.8. The van der Waals surface area contributed by atoms with Crippen molar-refractivity contribution in [3.8, 4) is 5.75 Å². The Morgan fingerprint density at radius 1 is 1.12 bits per heavy atom. The Morgan fingerprint density at radius 3 is 2.32 bits per heavy atom. The fraction of sp³-hybridized carbons (Fsp3) is 0.714. The summed E-state index contributed by atoms with van der Waals surface area (Å²) in [5, 5.41) is 0. The first kappa shape index (κ1) is 24.3. The lowest BCUT2D eigenvalue weighted by atomic mass is 10.1. The van der Waals surface area contributed by atoms with E-state index in [4.69, 9.17) is 9.47 Å². The molecule has 1 saturated heterocycles. The molecule has 0 aliphatic carbocycles. The summed E-state index contributed by atoms with van der Waals surface area (Å²) in [6, 6.07) is 8.38. The topological polar surface area (TPSA) is 21.7 Å². The van der Waals surface area contributed by atoms with Crippen LogP contribution in [0.15, 0.2) is 29.2 Å². The zero-order valence-electron chi connectivity index (χ0n) is 17.4. The molecule has 146 valence electrons. The Hall–Kier alpha value is -0.710. The highest BCUT2D eigenvalue weighted by atomic mass is 32.2. The predicted molar refractivity (Wildman–Crippen MR) is 112 cm³/mol. The molecule has 1 aliphatic rings. The Kier molecular flexibility index (Phi) is 15.1. The molecule has 0 atom stereocenters. The summed E-state index contributed by atoms with van der Waals surface area (Å²) in [6.45, 7) is 16.3. The maximum atomic E-state index is 6.12. The van der Waals surface area contributed by atoms with Crippen LogP contribution >= 0.6 is 11.8 Å². The highest BCUT2D eigenvalue weighted by Gasteiger charge is 2.20. The van der Waals surface area contributed by atoms with E-state index in [1.165, 1.54) is 4.90 Å². The lowest BCUT2D eigenvalue weighted by Gasteiger charge is -2.32. The lowest BCUT2D eigenvalue weighted by molar-refractivity contribution is 0.0404. The van der Waals surface area contributed by atoms with Crippen LogP contribution in [-0.4, -0.2) is 49.6 Å². The van der Waals surface area contributed by atoms with Gasteiger partial charge in [-0.25, -0.2) is 0 Å². The second-order valence-corrected chi connectivity index (χ2v) is 6.64. The van der Waals surface area contributed by atoms with E-state index in [1.807, 2.05) is 27.7 Å². The molecule has 0 spiro atoms. The summed E-state index contributed by atoms with van der Waals surface area (Å²) in [7, 11) is 0. The summed E-state index contributed by atoms with van der Waals surface area (Å²) in [5.74, 6) is 1.00. The molecular weight excluding hydrogens is 330 g/mol. The van der Waals surface area contributed by atoms with Crippen LogP contribution in [0.1, 0.15) is 54.4 Å². The van der Waals surface area contributed by atoms with Crippen molar-refractivity contribution in [3.63, 3.8) is 0 Å². The average Bonchev–Trinajstić information content (AvgIpc) is 2.66. The van der Waals surface area contributed by atoms with E-state index >= 15 is 0 Å². The van der Waals surface area contributed by atoms with E-state index in [1.54, 1.807) is 11.8 Å². The van der Waals surface area contributed by atoms with Crippen LogP contribution in [0.3, 0.4) is 0 Å². The molecule has 4 heteroatoms. The smallest absolute Gasteiger partial charge is 0.120 e. The van der Waals surface area contributed by atoms with Crippen molar-refractivity contribution < 1.29 is 9.47 Å². The van der Waals surface area contributed by atoms with E-state index in [-0.39, 0.29) is 0 Å². The molecule has 0 radical (unpaired) electrons. The quantitative estimate of drug-likeness (QED) is 0.572. The van der Waals surface area contributed by atoms with E-state index in [9.17, 15) is 0 Å². The van der Waals surface area contributed by atoms with E-state index in [2.05, 4.69) is 49.3 Å². The summed E-state index contributed by atoms with van der Waals surface area (Å²) in [5.41, 5.74) is 0. The standard InChI is InChI=1S/C17H27NO2S.2C2H6/c1-14(2)19-12-11-18-9-7-15(8-10-18)20-16-5-4-6-17(13-16)21-3;2*1-2/h4-6,13-15H,7-12H2,1-3H3;2*1-2H3. The second kappa shape index (κ2) is 15.5. The van der Waals surface area contributed by atoms with Gasteiger partial charge in [-0.05, 0) is 51.1 Å². The highest BCUT2D eigenvalue weighted by Crippen LogP contribution is 2.23. The van der Waals surface area contributed by atoms with Crippen molar-refractivity contribution in [3.05, 3.63) is 24.3 Å². The van der Waals surface area contributed by atoms with Crippen LogP contribution in [0.2, 0.25) is 0 Å². The molecule has 1 aliphatic heterocycles. The molecule has 0 bridgehead atoms. The van der Waals surface area contributed by atoms with Crippen molar-refractivity contribution in [1.29, 1.82) is 0 Å². The molecule has 1 aromatic rings. The Bertz CT molecular complexity index is 418. The first-order valence-electron chi connectivity index (χ1n) is 9.82. The molecule has 0 saturated carbocycles. The molecule has 0 aromatic heterocycles. The first-order chi connectivity index (χ1) is 12.2. The number of ether oxygens (including phenoxy) is 2. The number of hydrogen-bond donors (Lipinski definition) is 0. The van der Waals surface area contributed by atoms with Gasteiger partial charge in [0.1, 0.15) is 11.9 Å². The van der Waals surface area contributed by atoms with Gasteiger partial charge in [-0.15, -0.1) is 11.8 Å². The van der Waals surface area contributed by atoms with E-state index < -0.39 is 0 Å². The molecular formula is C21H39NO2S. The number of nitrogens with zero attached hydrogens (tertiary/aromatic N) is 1. The van der Waals surface area contributed by atoms with Crippen molar-refractivity contribution in [1.82, 2.24) is 4.90 Å². The summed E-state index contributed by atoms with van der Waals surface area (Å²) in [4.78, 5) is 3.73. The fourth-order valence-corrected chi connectivity index (χ4v) is 2.98. The van der Waals surface area contributed by atoms with Gasteiger partial charge in [0.05, 0.1) is 12.7 Å². The largest absolute Gasteiger partial charge is 0.490 e. The minimum absolute atomic E-state index is 0.328. The molecule has 0 unspecified atom stereocenters. The average molecular weight is 370 g/mol. The Balaban J connectivity index is 0.00000134. The number of benzene rings is 1. The zero-order chi connectivity index (χ0) is 19.1. The van der Waals surface area contributed by atoms with Crippen molar-refractivity contribution in [2.24, 2.45) is 0 Å². The van der Waals surface area contributed by atoms with Gasteiger partial charge in [-0.1, -0.05) is 33.8 Å². The van der Waals surface area contributed by atoms with Crippen LogP contribution in [0.4, 0.5) is 0 Å². The molecule has 1 heterocycles. The van der Waals surface area contributed by atoms with Crippen LogP contribution in [0.5, 0.6) is 5.75 Å². The van der Waals surface area contributed by atoms with Gasteiger partial charge in [0.25, 0.3) is 0 Å². The van der Waals surface area contributed by atoms with E-state index in [0.29, 0.717) is 12.2 Å². The van der Waals surface area contributed by atoms with Gasteiger partial charge in [0.2, 0.25) is 0 Å². The second-order valence-electron chi connectivity index (χ2n) is 5.76. The molecule has 2 rings (SSSR count). The first-order valence-corrected chi connectivity index (χ1v) is 11.0. The van der Waals surface area contributed by atoms with Gasteiger partial charge in [-0.3, -0.25) is 0 Å². The minimum atomic E-state index is 0.328. The maximum Gasteiger partial charge on any atom is 0.120 e. The molecule has 0 amide bonds. The van der Waals surface area contributed by atoms with Crippen molar-refractivity contribution in [2.75, 3.05) is 32.5 Å². The molecule has 25 heavy (non-hydrogen) atoms. The molecule has 3 nitrogen and oxygen atoms in total. The Labute approximate surface area is 160 Å². The maximum absolute atomic E-state index is 6.12. The zero-order valence-corrected chi connectivity index (χ0v) is 18.2. The number of thioether (sulfide) groups is 1. The number of likely N-dealkylation sites (tertiary alicyclic amines) is 1. The SMILES string of the molecule is CC.CC.CSc1cccc(OC2CCN(CCOC(C)C)CC2)c1. The normalized spacial score (nSPS) is 15.0. The fourth-order valence-electron chi connectivity index (χ4n) is 2.54. The predicted octanol–water partition coefficient (Wildman–Crippen LogP) is 5.73. The number of rotatable bonds is 7. The molecule has 0 N–H and O–H groups in total. The Morgan fingerprint density at radius 2 is 1.76 bits per heavy atom. The minimum Gasteiger partial charge on any atom is -0.490 e. The van der Waals surface area contributed by atoms with Crippen LogP contribution in [0, 0.1) is 0 Å². The summed E-state index contributed by atoms with van der Waals surface area (Å²) < 4.78 is 11.7. The highest BCUT2D eigenvalue weighted by molar-refractivity contribution is 7.98. The van der Waals surface area contributed by atoms with Crippen molar-refractivity contribution >= 4 is 11.8 Å². The molecule has 1 fully saturated rings. The monoisotopic (exact) mass is 369 g/mol. The van der Waals surface area contributed by atoms with Crippen LogP contribution < -0.4 is 4.74 Å². The third-order valence-electron chi connectivity index (χ3n) is 3.74. The number of piperidine rings is 1. The van der Waals surface area contributed by atoms with Gasteiger partial charge < -0.3 is 14.4 Å². The van der Waals surface area contributed by atoms with Crippen LogP contribution in [0.25, 0.3) is 0 Å². The lowest BCUT2D eigenvalue weighted by Crippen LogP contribution is -2.40. The van der Waals surface area contributed by atoms with Gasteiger partial charge in [-0.2, -0.15) is 0 Å². The van der Waals surface area contributed by atoms with Gasteiger partial charge in [0.15, 0.2) is 0 Å². The summed E-state index contributed by atoms with van der Waals surface area (Å²) in [6.07, 6.45) is 4.98. The van der Waals surface area contributed by atoms with Crippen LogP contribution in [-0.2, 0) is 4.74 Å².